The number of carbonyl (C=O) groups excluding carboxylic acids is 2. The number of carbonyl (C=O) groups is 2. The van der Waals surface area contributed by atoms with Crippen LogP contribution < -0.4 is 5.32 Å². The smallest absolute Gasteiger partial charge is 0.322 e. The Balaban J connectivity index is 1.68. The van der Waals surface area contributed by atoms with Crippen molar-refractivity contribution in [3.05, 3.63) is 94.8 Å². The fourth-order valence-electron chi connectivity index (χ4n) is 3.21. The molecule has 0 aliphatic rings. The number of Topliss-reactive ketones (excluding diaryl/α,β-unsaturated/α-hetero) is 1. The zero-order chi connectivity index (χ0) is 24.9. The van der Waals surface area contributed by atoms with Crippen LogP contribution in [0, 0.1) is 0 Å². The van der Waals surface area contributed by atoms with E-state index in [9.17, 15) is 35.9 Å². The molecule has 0 spiro atoms. The van der Waals surface area contributed by atoms with Crippen LogP contribution in [0.25, 0.3) is 0 Å². The lowest BCUT2D eigenvalue weighted by Crippen LogP contribution is -2.20. The van der Waals surface area contributed by atoms with Crippen molar-refractivity contribution in [2.24, 2.45) is 0 Å². The molecule has 0 unspecified atom stereocenters. The van der Waals surface area contributed by atoms with Gasteiger partial charge in [-0.25, -0.2) is 0 Å². The van der Waals surface area contributed by atoms with Crippen LogP contribution in [0.1, 0.15) is 39.0 Å². The van der Waals surface area contributed by atoms with Crippen molar-refractivity contribution in [1.82, 2.24) is 4.98 Å². The summed E-state index contributed by atoms with van der Waals surface area (Å²) >= 11 is 0. The molecule has 1 N–H and O–H groups in total. The summed E-state index contributed by atoms with van der Waals surface area (Å²) in [5.74, 6) is -1.38. The molecule has 1 heterocycles. The minimum Gasteiger partial charge on any atom is -0.322 e. The number of rotatable bonds is 7. The van der Waals surface area contributed by atoms with Gasteiger partial charge in [0, 0.05) is 30.9 Å². The number of ketones is 1. The summed E-state index contributed by atoms with van der Waals surface area (Å²) in [6.45, 7) is 0. The maximum atomic E-state index is 13.2. The van der Waals surface area contributed by atoms with Crippen molar-refractivity contribution in [3.63, 3.8) is 0 Å². The molecule has 1 aromatic heterocycles. The molecular weight excluding hydrogens is 462 g/mol. The Morgan fingerprint density at radius 3 is 2.15 bits per heavy atom. The number of aromatic nitrogens is 1. The van der Waals surface area contributed by atoms with Gasteiger partial charge in [-0.15, -0.1) is 0 Å². The minimum atomic E-state index is -5.02. The molecule has 0 saturated heterocycles. The van der Waals surface area contributed by atoms with Crippen LogP contribution in [-0.2, 0) is 30.0 Å². The second-order valence-electron chi connectivity index (χ2n) is 7.48. The summed E-state index contributed by atoms with van der Waals surface area (Å²) < 4.78 is 78.5. The zero-order valence-electron chi connectivity index (χ0n) is 17.5. The third-order valence-corrected chi connectivity index (χ3v) is 4.93. The molecule has 0 fully saturated rings. The number of benzene rings is 2. The summed E-state index contributed by atoms with van der Waals surface area (Å²) in [7, 11) is 0. The first-order valence-corrected chi connectivity index (χ1v) is 10.0. The molecule has 178 valence electrons. The van der Waals surface area contributed by atoms with Crippen molar-refractivity contribution in [2.45, 2.75) is 31.6 Å². The van der Waals surface area contributed by atoms with Crippen LogP contribution in [0.4, 0.5) is 32.0 Å². The zero-order valence-corrected chi connectivity index (χ0v) is 17.5. The predicted octanol–water partition coefficient (Wildman–Crippen LogP) is 6.12. The van der Waals surface area contributed by atoms with Gasteiger partial charge in [0.05, 0.1) is 16.7 Å². The first kappa shape index (κ1) is 24.9. The molecule has 10 heteroatoms. The number of nitrogens with zero attached hydrogens (tertiary/aromatic N) is 1. The van der Waals surface area contributed by atoms with E-state index in [1.807, 2.05) is 6.07 Å². The lowest BCUT2D eigenvalue weighted by Gasteiger charge is -2.15. The van der Waals surface area contributed by atoms with Crippen molar-refractivity contribution < 1.29 is 35.9 Å². The molecule has 0 bridgehead atoms. The quantitative estimate of drug-likeness (QED) is 0.415. The monoisotopic (exact) mass is 480 g/mol. The Labute approximate surface area is 190 Å². The van der Waals surface area contributed by atoms with Crippen LogP contribution in [-0.4, -0.2) is 16.7 Å². The highest BCUT2D eigenvalue weighted by Crippen LogP contribution is 2.36. The van der Waals surface area contributed by atoms with E-state index in [2.05, 4.69) is 10.3 Å². The van der Waals surface area contributed by atoms with Gasteiger partial charge in [0.15, 0.2) is 0 Å². The van der Waals surface area contributed by atoms with Gasteiger partial charge in [-0.05, 0) is 53.9 Å². The molecule has 0 atom stereocenters. The van der Waals surface area contributed by atoms with E-state index < -0.39 is 35.0 Å². The van der Waals surface area contributed by atoms with Gasteiger partial charge in [-0.1, -0.05) is 18.2 Å². The molecule has 0 saturated carbocycles. The van der Waals surface area contributed by atoms with E-state index in [0.29, 0.717) is 18.4 Å². The topological polar surface area (TPSA) is 59.1 Å². The number of hydrogen-bond donors (Lipinski definition) is 1. The lowest BCUT2D eigenvalue weighted by molar-refractivity contribution is -0.141. The fourth-order valence-corrected chi connectivity index (χ4v) is 3.21. The number of alkyl halides is 6. The highest BCUT2D eigenvalue weighted by molar-refractivity contribution is 6.05. The molecule has 1 amide bonds. The van der Waals surface area contributed by atoms with Gasteiger partial charge in [0.1, 0.15) is 5.78 Å². The molecular formula is C24H18F6N2O2. The minimum absolute atomic E-state index is 0.0422. The van der Waals surface area contributed by atoms with Gasteiger partial charge >= 0.3 is 12.4 Å². The SMILES string of the molecule is O=C(CCc1cccnc1)Cc1ccc(NC(=O)c2cc(C(F)(F)F)ccc2C(F)(F)F)cc1. The lowest BCUT2D eigenvalue weighted by atomic mass is 10.0. The third-order valence-electron chi connectivity index (χ3n) is 4.93. The first-order chi connectivity index (χ1) is 15.9. The number of aryl methyl sites for hydroxylation is 1. The van der Waals surface area contributed by atoms with Crippen molar-refractivity contribution >= 4 is 17.4 Å². The Bertz CT molecular complexity index is 1160. The largest absolute Gasteiger partial charge is 0.417 e. The number of pyridine rings is 1. The second kappa shape index (κ2) is 10.1. The summed E-state index contributed by atoms with van der Waals surface area (Å²) in [4.78, 5) is 28.6. The number of hydrogen-bond acceptors (Lipinski definition) is 3. The van der Waals surface area contributed by atoms with E-state index in [1.54, 1.807) is 18.5 Å². The number of amides is 1. The Kier molecular flexibility index (Phi) is 7.38. The third kappa shape index (κ3) is 6.66. The molecule has 0 radical (unpaired) electrons. The summed E-state index contributed by atoms with van der Waals surface area (Å²) in [5, 5.41) is 2.18. The van der Waals surface area contributed by atoms with E-state index in [1.165, 1.54) is 24.3 Å². The molecule has 4 nitrogen and oxygen atoms in total. The average Bonchev–Trinajstić information content (AvgIpc) is 2.78. The summed E-state index contributed by atoms with van der Waals surface area (Å²) in [6, 6.07) is 10.1. The van der Waals surface area contributed by atoms with Crippen LogP contribution in [0.5, 0.6) is 0 Å². The predicted molar refractivity (Wildman–Crippen MR) is 112 cm³/mol. The molecule has 34 heavy (non-hydrogen) atoms. The Hall–Kier alpha value is -3.69. The van der Waals surface area contributed by atoms with E-state index in [0.717, 1.165) is 5.56 Å². The molecule has 3 rings (SSSR count). The highest BCUT2D eigenvalue weighted by atomic mass is 19.4. The Morgan fingerprint density at radius 2 is 1.56 bits per heavy atom. The van der Waals surface area contributed by atoms with Gasteiger partial charge in [0.2, 0.25) is 0 Å². The first-order valence-electron chi connectivity index (χ1n) is 10.0. The van der Waals surface area contributed by atoms with Crippen LogP contribution in [0.3, 0.4) is 0 Å². The number of nitrogens with one attached hydrogen (secondary N) is 1. The van der Waals surface area contributed by atoms with Gasteiger partial charge in [-0.2, -0.15) is 26.3 Å². The molecule has 3 aromatic rings. The van der Waals surface area contributed by atoms with Crippen molar-refractivity contribution in [2.75, 3.05) is 5.32 Å². The average molecular weight is 480 g/mol. The fraction of sp³-hybridized carbons (Fsp3) is 0.208. The van der Waals surface area contributed by atoms with Gasteiger partial charge in [-0.3, -0.25) is 14.6 Å². The summed E-state index contributed by atoms with van der Waals surface area (Å²) in [6.07, 6.45) is -5.71. The Morgan fingerprint density at radius 1 is 0.853 bits per heavy atom. The van der Waals surface area contributed by atoms with Gasteiger partial charge < -0.3 is 5.32 Å². The van der Waals surface area contributed by atoms with Crippen LogP contribution in [0.15, 0.2) is 67.0 Å². The molecule has 2 aromatic carbocycles. The van der Waals surface area contributed by atoms with Crippen molar-refractivity contribution in [3.8, 4) is 0 Å². The maximum absolute atomic E-state index is 13.2. The van der Waals surface area contributed by atoms with Crippen LogP contribution in [0.2, 0.25) is 0 Å². The normalized spacial score (nSPS) is 11.8. The molecule has 0 aliphatic heterocycles. The highest BCUT2D eigenvalue weighted by Gasteiger charge is 2.38. The van der Waals surface area contributed by atoms with Gasteiger partial charge in [0.25, 0.3) is 5.91 Å². The number of anilines is 1. The second-order valence-corrected chi connectivity index (χ2v) is 7.48. The standard InChI is InChI=1S/C24H18F6N2O2/c25-23(26,27)17-6-10-21(24(28,29)30)20(13-17)22(34)32-18-7-3-15(4-8-18)12-19(33)9-5-16-2-1-11-31-14-16/h1-4,6-8,10-11,13-14H,5,9,12H2,(H,32,34). The molecule has 0 aliphatic carbocycles. The van der Waals surface area contributed by atoms with E-state index in [4.69, 9.17) is 0 Å². The van der Waals surface area contributed by atoms with E-state index in [-0.39, 0.29) is 36.1 Å². The number of halogens is 6. The van der Waals surface area contributed by atoms with E-state index >= 15 is 0 Å². The maximum Gasteiger partial charge on any atom is 0.417 e. The summed E-state index contributed by atoms with van der Waals surface area (Å²) in [5.41, 5.74) is -2.38. The van der Waals surface area contributed by atoms with Crippen molar-refractivity contribution in [1.29, 1.82) is 0 Å². The van der Waals surface area contributed by atoms with Crippen LogP contribution >= 0.6 is 0 Å².